The van der Waals surface area contributed by atoms with E-state index in [-0.39, 0.29) is 18.1 Å². The van der Waals surface area contributed by atoms with Crippen molar-refractivity contribution in [2.24, 2.45) is 11.3 Å². The van der Waals surface area contributed by atoms with Crippen LogP contribution in [0.5, 0.6) is 0 Å². The molecule has 1 heterocycles. The second-order valence-electron chi connectivity index (χ2n) is 5.65. The van der Waals surface area contributed by atoms with Crippen LogP contribution in [0.4, 0.5) is 13.2 Å². The Labute approximate surface area is 116 Å². The third-order valence-electron chi connectivity index (χ3n) is 4.05. The van der Waals surface area contributed by atoms with E-state index in [0.717, 1.165) is 19.4 Å². The third kappa shape index (κ3) is 4.23. The van der Waals surface area contributed by atoms with Crippen LogP contribution >= 0.6 is 11.6 Å². The smallest absolute Gasteiger partial charge is 0.377 e. The first-order valence-corrected chi connectivity index (χ1v) is 7.32. The normalized spacial score (nSPS) is 31.9. The minimum atomic E-state index is -4.24. The highest BCUT2D eigenvalue weighted by atomic mass is 35.5. The van der Waals surface area contributed by atoms with Gasteiger partial charge in [-0.15, -0.1) is 11.6 Å². The van der Waals surface area contributed by atoms with Crippen LogP contribution in [0.15, 0.2) is 0 Å². The molecule has 2 nitrogen and oxygen atoms in total. The third-order valence-corrected chi connectivity index (χ3v) is 4.58. The van der Waals surface area contributed by atoms with Gasteiger partial charge >= 0.3 is 6.18 Å². The highest BCUT2D eigenvalue weighted by Gasteiger charge is 2.49. The molecule has 1 saturated carbocycles. The van der Waals surface area contributed by atoms with Crippen LogP contribution < -0.4 is 0 Å². The molecule has 2 unspecified atom stereocenters. The lowest BCUT2D eigenvalue weighted by molar-refractivity contribution is -0.174. The number of hydrogen-bond acceptors (Lipinski definition) is 2. The van der Waals surface area contributed by atoms with Gasteiger partial charge < -0.3 is 9.47 Å². The summed E-state index contributed by atoms with van der Waals surface area (Å²) < 4.78 is 46.2. The van der Waals surface area contributed by atoms with Crippen molar-refractivity contribution in [2.75, 3.05) is 25.7 Å². The zero-order valence-corrected chi connectivity index (χ0v) is 11.6. The molecule has 19 heavy (non-hydrogen) atoms. The summed E-state index contributed by atoms with van der Waals surface area (Å²) in [6.45, 7) is -0.309. The van der Waals surface area contributed by atoms with Crippen LogP contribution in [0.25, 0.3) is 0 Å². The van der Waals surface area contributed by atoms with E-state index in [1.54, 1.807) is 0 Å². The summed E-state index contributed by atoms with van der Waals surface area (Å²) in [6, 6.07) is 0. The standard InChI is InChI=1S/C13H20ClF3O2/c14-8-12(4-1-6-18-9-13(15,16)17)5-7-19-11(12)10-2-3-10/h10-11H,1-9H2. The molecule has 0 N–H and O–H groups in total. The van der Waals surface area contributed by atoms with E-state index >= 15 is 0 Å². The largest absolute Gasteiger partial charge is 0.411 e. The first kappa shape index (κ1) is 15.4. The molecule has 2 fully saturated rings. The summed E-state index contributed by atoms with van der Waals surface area (Å²) in [5.74, 6) is 1.13. The van der Waals surface area contributed by atoms with Crippen molar-refractivity contribution in [3.8, 4) is 0 Å². The molecule has 1 saturated heterocycles. The summed E-state index contributed by atoms with van der Waals surface area (Å²) in [7, 11) is 0. The second kappa shape index (κ2) is 6.19. The van der Waals surface area contributed by atoms with Gasteiger partial charge in [-0.1, -0.05) is 0 Å². The highest BCUT2D eigenvalue weighted by Crippen LogP contribution is 2.50. The van der Waals surface area contributed by atoms with E-state index in [4.69, 9.17) is 16.3 Å². The molecule has 0 amide bonds. The van der Waals surface area contributed by atoms with Gasteiger partial charge in [0.05, 0.1) is 6.10 Å². The quantitative estimate of drug-likeness (QED) is 0.526. The average molecular weight is 301 g/mol. The number of hydrogen-bond donors (Lipinski definition) is 0. The molecule has 0 aromatic heterocycles. The van der Waals surface area contributed by atoms with Crippen molar-refractivity contribution in [3.05, 3.63) is 0 Å². The lowest BCUT2D eigenvalue weighted by Gasteiger charge is -2.32. The molecular formula is C13H20ClF3O2. The van der Waals surface area contributed by atoms with Gasteiger partial charge in [0.15, 0.2) is 0 Å². The lowest BCUT2D eigenvalue weighted by atomic mass is 9.77. The van der Waals surface area contributed by atoms with Gasteiger partial charge in [0.25, 0.3) is 0 Å². The molecule has 0 radical (unpaired) electrons. The minimum absolute atomic E-state index is 0.0513. The number of halogens is 4. The summed E-state index contributed by atoms with van der Waals surface area (Å²) in [5.41, 5.74) is -0.0513. The van der Waals surface area contributed by atoms with Gasteiger partial charge in [-0.2, -0.15) is 13.2 Å². The van der Waals surface area contributed by atoms with Gasteiger partial charge in [0, 0.05) is 24.5 Å². The van der Waals surface area contributed by atoms with Crippen LogP contribution in [0.1, 0.15) is 32.1 Å². The summed E-state index contributed by atoms with van der Waals surface area (Å²) in [5, 5.41) is 0. The molecule has 0 aromatic rings. The number of rotatable bonds is 7. The molecule has 0 bridgehead atoms. The van der Waals surface area contributed by atoms with E-state index in [1.165, 1.54) is 12.8 Å². The molecule has 2 aliphatic rings. The Morgan fingerprint density at radius 1 is 1.32 bits per heavy atom. The summed E-state index contributed by atoms with van der Waals surface area (Å²) in [6.07, 6.45) is 0.647. The Morgan fingerprint density at radius 2 is 2.05 bits per heavy atom. The second-order valence-corrected chi connectivity index (χ2v) is 5.91. The molecule has 1 aliphatic carbocycles. The Balaban J connectivity index is 1.73. The van der Waals surface area contributed by atoms with Gasteiger partial charge in [0.1, 0.15) is 6.61 Å². The Bertz CT molecular complexity index is 294. The first-order chi connectivity index (χ1) is 8.97. The lowest BCUT2D eigenvalue weighted by Crippen LogP contribution is -2.35. The summed E-state index contributed by atoms with van der Waals surface area (Å²) >= 11 is 6.12. The van der Waals surface area contributed by atoms with Crippen LogP contribution in [0, 0.1) is 11.3 Å². The molecular weight excluding hydrogens is 281 g/mol. The molecule has 2 atom stereocenters. The first-order valence-electron chi connectivity index (χ1n) is 6.79. The highest BCUT2D eigenvalue weighted by molar-refractivity contribution is 6.18. The van der Waals surface area contributed by atoms with E-state index < -0.39 is 12.8 Å². The molecule has 1 aliphatic heterocycles. The minimum Gasteiger partial charge on any atom is -0.377 e. The fourth-order valence-electron chi connectivity index (χ4n) is 2.93. The molecule has 112 valence electrons. The Hall–Kier alpha value is -0.0000000000000000208. The predicted octanol–water partition coefficient (Wildman–Crippen LogP) is 3.77. The van der Waals surface area contributed by atoms with E-state index in [1.807, 2.05) is 0 Å². The Kier molecular flexibility index (Phi) is 5.01. The van der Waals surface area contributed by atoms with E-state index in [2.05, 4.69) is 4.74 Å². The van der Waals surface area contributed by atoms with Gasteiger partial charge in [-0.3, -0.25) is 0 Å². The van der Waals surface area contributed by atoms with Crippen molar-refractivity contribution in [2.45, 2.75) is 44.4 Å². The topological polar surface area (TPSA) is 18.5 Å². The van der Waals surface area contributed by atoms with Crippen molar-refractivity contribution < 1.29 is 22.6 Å². The maximum Gasteiger partial charge on any atom is 0.411 e. The van der Waals surface area contributed by atoms with Crippen molar-refractivity contribution in [1.29, 1.82) is 0 Å². The molecule has 6 heteroatoms. The predicted molar refractivity (Wildman–Crippen MR) is 66.3 cm³/mol. The fraction of sp³-hybridized carbons (Fsp3) is 1.00. The summed E-state index contributed by atoms with van der Waals surface area (Å²) in [4.78, 5) is 0. The zero-order valence-electron chi connectivity index (χ0n) is 10.8. The maximum absolute atomic E-state index is 11.9. The average Bonchev–Trinajstić information content (AvgIpc) is 3.09. The van der Waals surface area contributed by atoms with Crippen LogP contribution in [0.3, 0.4) is 0 Å². The Morgan fingerprint density at radius 3 is 2.63 bits per heavy atom. The van der Waals surface area contributed by atoms with Crippen molar-refractivity contribution in [3.63, 3.8) is 0 Å². The van der Waals surface area contributed by atoms with E-state index in [0.29, 0.717) is 18.2 Å². The van der Waals surface area contributed by atoms with E-state index in [9.17, 15) is 13.2 Å². The SMILES string of the molecule is FC(F)(F)COCCCC1(CCl)CCOC1C1CC1. The fourth-order valence-corrected chi connectivity index (χ4v) is 3.35. The number of alkyl halides is 4. The van der Waals surface area contributed by atoms with Crippen molar-refractivity contribution >= 4 is 11.6 Å². The zero-order chi connectivity index (χ0) is 13.9. The van der Waals surface area contributed by atoms with Gasteiger partial charge in [-0.05, 0) is 38.0 Å². The maximum atomic E-state index is 11.9. The van der Waals surface area contributed by atoms with Crippen molar-refractivity contribution in [1.82, 2.24) is 0 Å². The number of ether oxygens (including phenoxy) is 2. The van der Waals surface area contributed by atoms with Gasteiger partial charge in [-0.25, -0.2) is 0 Å². The van der Waals surface area contributed by atoms with Gasteiger partial charge in [0.2, 0.25) is 0 Å². The van der Waals surface area contributed by atoms with Crippen LogP contribution in [-0.4, -0.2) is 38.0 Å². The molecule has 0 spiro atoms. The molecule has 0 aromatic carbocycles. The monoisotopic (exact) mass is 300 g/mol. The molecule has 2 rings (SSSR count). The van der Waals surface area contributed by atoms with Crippen LogP contribution in [-0.2, 0) is 9.47 Å². The van der Waals surface area contributed by atoms with Crippen LogP contribution in [0.2, 0.25) is 0 Å².